The number of aromatic amines is 1. The number of benzene rings is 1. The molecule has 0 spiro atoms. The summed E-state index contributed by atoms with van der Waals surface area (Å²) in [5.74, 6) is 0.575. The molecule has 0 atom stereocenters. The van der Waals surface area contributed by atoms with E-state index in [1.807, 2.05) is 19.1 Å². The summed E-state index contributed by atoms with van der Waals surface area (Å²) in [7, 11) is 0. The molecule has 0 saturated heterocycles. The first-order valence-electron chi connectivity index (χ1n) is 6.41. The molecule has 0 aliphatic carbocycles. The van der Waals surface area contributed by atoms with Gasteiger partial charge in [0.05, 0.1) is 16.0 Å². The quantitative estimate of drug-likeness (QED) is 0.567. The molecule has 0 aliphatic heterocycles. The summed E-state index contributed by atoms with van der Waals surface area (Å²) < 4.78 is 0. The van der Waals surface area contributed by atoms with Gasteiger partial charge in [-0.25, -0.2) is 4.98 Å². The molecule has 106 valence electrons. The molecule has 3 rings (SSSR count). The van der Waals surface area contributed by atoms with Crippen molar-refractivity contribution in [3.05, 3.63) is 57.9 Å². The molecule has 0 saturated carbocycles. The number of nitrogens with one attached hydrogen (secondary N) is 2. The second-order valence-electron chi connectivity index (χ2n) is 4.71. The molecule has 2 N–H and O–H groups in total. The van der Waals surface area contributed by atoms with Crippen molar-refractivity contribution in [3.63, 3.8) is 0 Å². The number of aryl methyl sites for hydroxylation is 1. The number of rotatable bonds is 4. The second-order valence-corrected chi connectivity index (χ2v) is 4.71. The van der Waals surface area contributed by atoms with Gasteiger partial charge in [0.1, 0.15) is 0 Å². The van der Waals surface area contributed by atoms with Gasteiger partial charge in [-0.2, -0.15) is 0 Å². The van der Waals surface area contributed by atoms with Crippen LogP contribution in [0.5, 0.6) is 0 Å². The third-order valence-electron chi connectivity index (χ3n) is 3.11. The second kappa shape index (κ2) is 5.20. The van der Waals surface area contributed by atoms with Gasteiger partial charge in [-0.1, -0.05) is 6.07 Å². The van der Waals surface area contributed by atoms with E-state index in [9.17, 15) is 10.1 Å². The molecule has 0 fully saturated rings. The first kappa shape index (κ1) is 13.0. The highest BCUT2D eigenvalue weighted by Crippen LogP contribution is 2.20. The van der Waals surface area contributed by atoms with Gasteiger partial charge in [0.25, 0.3) is 5.69 Å². The number of nitro benzene ring substituents is 1. The zero-order valence-electron chi connectivity index (χ0n) is 11.3. The third-order valence-corrected chi connectivity index (χ3v) is 3.11. The van der Waals surface area contributed by atoms with Crippen LogP contribution in [0.4, 0.5) is 11.6 Å². The normalized spacial score (nSPS) is 10.7. The number of nitro groups is 1. The van der Waals surface area contributed by atoms with Crippen LogP contribution in [0.3, 0.4) is 0 Å². The molecule has 0 radical (unpaired) electrons. The Morgan fingerprint density at radius 3 is 2.90 bits per heavy atom. The Hall–Kier alpha value is -2.96. The van der Waals surface area contributed by atoms with Crippen molar-refractivity contribution in [2.24, 2.45) is 0 Å². The highest BCUT2D eigenvalue weighted by atomic mass is 16.6. The molecule has 7 heteroatoms. The lowest BCUT2D eigenvalue weighted by Gasteiger charge is -2.02. The Balaban J connectivity index is 1.78. The van der Waals surface area contributed by atoms with E-state index in [-0.39, 0.29) is 5.69 Å². The van der Waals surface area contributed by atoms with E-state index in [1.165, 1.54) is 12.1 Å². The van der Waals surface area contributed by atoms with Crippen molar-refractivity contribution in [1.29, 1.82) is 0 Å². The number of hydrogen-bond acceptors (Lipinski definition) is 5. The van der Waals surface area contributed by atoms with Crippen LogP contribution in [0.25, 0.3) is 11.0 Å². The van der Waals surface area contributed by atoms with E-state index in [0.29, 0.717) is 23.5 Å². The van der Waals surface area contributed by atoms with Gasteiger partial charge in [-0.3, -0.25) is 15.1 Å². The Morgan fingerprint density at radius 2 is 2.19 bits per heavy atom. The SMILES string of the molecule is Cc1ccc(CNc2nc3ccc([N+](=O)[O-])cc3[nH]2)cn1. The van der Waals surface area contributed by atoms with Crippen LogP contribution in [0.15, 0.2) is 36.5 Å². The molecule has 2 heterocycles. The van der Waals surface area contributed by atoms with Crippen molar-refractivity contribution >= 4 is 22.7 Å². The number of imidazole rings is 1. The van der Waals surface area contributed by atoms with E-state index in [4.69, 9.17) is 0 Å². The average molecular weight is 283 g/mol. The summed E-state index contributed by atoms with van der Waals surface area (Å²) in [4.78, 5) is 21.9. The van der Waals surface area contributed by atoms with Crippen LogP contribution >= 0.6 is 0 Å². The summed E-state index contributed by atoms with van der Waals surface area (Å²) >= 11 is 0. The summed E-state index contributed by atoms with van der Waals surface area (Å²) in [6.07, 6.45) is 1.80. The van der Waals surface area contributed by atoms with Gasteiger partial charge in [0.2, 0.25) is 5.95 Å². The molecular formula is C14H13N5O2. The fourth-order valence-electron chi connectivity index (χ4n) is 1.98. The van der Waals surface area contributed by atoms with Crippen LogP contribution in [-0.4, -0.2) is 19.9 Å². The third kappa shape index (κ3) is 2.81. The Labute approximate surface area is 120 Å². The summed E-state index contributed by atoms with van der Waals surface area (Å²) in [5.41, 5.74) is 3.36. The zero-order chi connectivity index (χ0) is 14.8. The van der Waals surface area contributed by atoms with Gasteiger partial charge >= 0.3 is 0 Å². The maximum Gasteiger partial charge on any atom is 0.271 e. The van der Waals surface area contributed by atoms with E-state index < -0.39 is 4.92 Å². The van der Waals surface area contributed by atoms with Crippen LogP contribution in [-0.2, 0) is 6.54 Å². The molecule has 21 heavy (non-hydrogen) atoms. The number of anilines is 1. The van der Waals surface area contributed by atoms with Crippen LogP contribution in [0, 0.1) is 17.0 Å². The zero-order valence-corrected chi connectivity index (χ0v) is 11.3. The minimum atomic E-state index is -0.425. The van der Waals surface area contributed by atoms with E-state index in [2.05, 4.69) is 20.3 Å². The molecule has 0 bridgehead atoms. The molecule has 0 amide bonds. The number of fused-ring (bicyclic) bond motifs is 1. The monoisotopic (exact) mass is 283 g/mol. The van der Waals surface area contributed by atoms with Crippen LogP contribution < -0.4 is 5.32 Å². The van der Waals surface area contributed by atoms with Crippen molar-refractivity contribution in [1.82, 2.24) is 15.0 Å². The van der Waals surface area contributed by atoms with E-state index >= 15 is 0 Å². The van der Waals surface area contributed by atoms with Crippen molar-refractivity contribution in [3.8, 4) is 0 Å². The number of non-ortho nitro benzene ring substituents is 1. The maximum atomic E-state index is 10.7. The van der Waals surface area contributed by atoms with Crippen molar-refractivity contribution in [2.75, 3.05) is 5.32 Å². The summed E-state index contributed by atoms with van der Waals surface area (Å²) in [6, 6.07) is 8.47. The lowest BCUT2D eigenvalue weighted by Crippen LogP contribution is -2.01. The van der Waals surface area contributed by atoms with Gasteiger partial charge < -0.3 is 10.3 Å². The molecular weight excluding hydrogens is 270 g/mol. The molecule has 0 unspecified atom stereocenters. The Morgan fingerprint density at radius 1 is 1.33 bits per heavy atom. The largest absolute Gasteiger partial charge is 0.352 e. The number of aromatic nitrogens is 3. The predicted octanol–water partition coefficient (Wildman–Crippen LogP) is 2.79. The molecule has 1 aromatic carbocycles. The van der Waals surface area contributed by atoms with Gasteiger partial charge in [0.15, 0.2) is 0 Å². The highest BCUT2D eigenvalue weighted by molar-refractivity contribution is 5.79. The van der Waals surface area contributed by atoms with Crippen molar-refractivity contribution in [2.45, 2.75) is 13.5 Å². The molecule has 7 nitrogen and oxygen atoms in total. The lowest BCUT2D eigenvalue weighted by atomic mass is 10.2. The first-order valence-corrected chi connectivity index (χ1v) is 6.41. The van der Waals surface area contributed by atoms with Gasteiger partial charge in [0, 0.05) is 30.6 Å². The van der Waals surface area contributed by atoms with Crippen LogP contribution in [0.2, 0.25) is 0 Å². The number of nitrogens with zero attached hydrogens (tertiary/aromatic N) is 3. The van der Waals surface area contributed by atoms with Crippen LogP contribution in [0.1, 0.15) is 11.3 Å². The van der Waals surface area contributed by atoms with E-state index in [0.717, 1.165) is 11.3 Å². The molecule has 0 aliphatic rings. The minimum Gasteiger partial charge on any atom is -0.352 e. The lowest BCUT2D eigenvalue weighted by molar-refractivity contribution is -0.384. The summed E-state index contributed by atoms with van der Waals surface area (Å²) in [6.45, 7) is 2.51. The first-order chi connectivity index (χ1) is 10.1. The maximum absolute atomic E-state index is 10.7. The number of hydrogen-bond donors (Lipinski definition) is 2. The predicted molar refractivity (Wildman–Crippen MR) is 79.0 cm³/mol. The number of H-pyrrole nitrogens is 1. The minimum absolute atomic E-state index is 0.0421. The fourth-order valence-corrected chi connectivity index (χ4v) is 1.98. The Bertz CT molecular complexity index is 795. The van der Waals surface area contributed by atoms with Crippen molar-refractivity contribution < 1.29 is 4.92 Å². The average Bonchev–Trinajstić information content (AvgIpc) is 2.88. The molecule has 3 aromatic rings. The van der Waals surface area contributed by atoms with E-state index in [1.54, 1.807) is 12.3 Å². The van der Waals surface area contributed by atoms with Gasteiger partial charge in [-0.15, -0.1) is 0 Å². The smallest absolute Gasteiger partial charge is 0.271 e. The standard InChI is InChI=1S/C14H13N5O2/c1-9-2-3-10(7-15-9)8-16-14-17-12-5-4-11(19(20)21)6-13(12)18-14/h2-7H,8H2,1H3,(H2,16,17,18). The fraction of sp³-hybridized carbons (Fsp3) is 0.143. The van der Waals surface area contributed by atoms with Gasteiger partial charge in [-0.05, 0) is 24.6 Å². The highest BCUT2D eigenvalue weighted by Gasteiger charge is 2.09. The number of pyridine rings is 1. The molecule has 2 aromatic heterocycles. The summed E-state index contributed by atoms with van der Waals surface area (Å²) in [5, 5.41) is 13.9. The topological polar surface area (TPSA) is 96.7 Å². The Kier molecular flexibility index (Phi) is 3.23.